The van der Waals surface area contributed by atoms with Crippen LogP contribution in [-0.2, 0) is 10.0 Å². The Bertz CT molecular complexity index is 1060. The first-order valence-electron chi connectivity index (χ1n) is 9.63. The minimum absolute atomic E-state index is 0.0889. The van der Waals surface area contributed by atoms with Gasteiger partial charge in [0.15, 0.2) is 0 Å². The van der Waals surface area contributed by atoms with Crippen LogP contribution in [0, 0.1) is 6.92 Å². The number of sulfonamides is 1. The maximum atomic E-state index is 11.1. The van der Waals surface area contributed by atoms with E-state index in [1.54, 1.807) is 6.92 Å². The minimum Gasteiger partial charge on any atom is -0.477 e. The maximum absolute atomic E-state index is 11.1. The Balaban J connectivity index is 0.000000488. The molecule has 0 fully saturated rings. The molecule has 168 valence electrons. The Hall–Kier alpha value is -2.92. The van der Waals surface area contributed by atoms with Gasteiger partial charge < -0.3 is 25.8 Å². The molecule has 6 N–H and O–H groups in total. The molecule has 1 unspecified atom stereocenters. The van der Waals surface area contributed by atoms with Crippen LogP contribution in [0.1, 0.15) is 16.1 Å². The van der Waals surface area contributed by atoms with Gasteiger partial charge in [-0.2, -0.15) is 4.72 Å². The standard InChI is InChI=1S/C15H22N4O5S.C6H6/c1-9-11-4-3-10(7-12(11)18-14(9)15(21)22)17-6-5-16-8-13(20)19-25(2,23)24;1-2-4-6-5-3-1/h3-4,7,13,16-20H,5-6,8H2,1-2H3,(H,21,22);1-6H. The van der Waals surface area contributed by atoms with Crippen LogP contribution in [0.15, 0.2) is 54.6 Å². The highest BCUT2D eigenvalue weighted by molar-refractivity contribution is 7.88. The molecule has 3 rings (SSSR count). The summed E-state index contributed by atoms with van der Waals surface area (Å²) in [6, 6.07) is 17.5. The molecular formula is C21H28N4O5S. The van der Waals surface area contributed by atoms with E-state index in [4.69, 9.17) is 5.11 Å². The minimum atomic E-state index is -3.44. The van der Waals surface area contributed by atoms with Crippen LogP contribution in [0.3, 0.4) is 0 Å². The number of aryl methyl sites for hydroxylation is 1. The number of aromatic amines is 1. The molecule has 31 heavy (non-hydrogen) atoms. The Labute approximate surface area is 181 Å². The first-order valence-corrected chi connectivity index (χ1v) is 11.5. The molecule has 0 aliphatic carbocycles. The van der Waals surface area contributed by atoms with Crippen LogP contribution in [0.4, 0.5) is 5.69 Å². The van der Waals surface area contributed by atoms with Crippen LogP contribution >= 0.6 is 0 Å². The summed E-state index contributed by atoms with van der Waals surface area (Å²) >= 11 is 0. The fourth-order valence-electron chi connectivity index (χ4n) is 2.87. The molecule has 0 amide bonds. The fourth-order valence-corrected chi connectivity index (χ4v) is 3.45. The number of aliphatic hydroxyl groups excluding tert-OH is 1. The van der Waals surface area contributed by atoms with Gasteiger partial charge in [0.25, 0.3) is 0 Å². The van der Waals surface area contributed by atoms with E-state index in [9.17, 15) is 18.3 Å². The van der Waals surface area contributed by atoms with Crippen LogP contribution in [0.2, 0.25) is 0 Å². The van der Waals surface area contributed by atoms with Crippen molar-refractivity contribution >= 4 is 32.6 Å². The van der Waals surface area contributed by atoms with Gasteiger partial charge >= 0.3 is 5.97 Å². The highest BCUT2D eigenvalue weighted by atomic mass is 32.2. The normalized spacial score (nSPS) is 12.1. The van der Waals surface area contributed by atoms with Gasteiger partial charge in [-0.3, -0.25) is 0 Å². The number of nitrogens with one attached hydrogen (secondary N) is 4. The first kappa shape index (κ1) is 24.4. The topological polar surface area (TPSA) is 144 Å². The number of hydrogen-bond donors (Lipinski definition) is 6. The van der Waals surface area contributed by atoms with E-state index in [2.05, 4.69) is 20.3 Å². The predicted octanol–water partition coefficient (Wildman–Crippen LogP) is 1.73. The number of benzene rings is 2. The fraction of sp³-hybridized carbons (Fsp3) is 0.286. The van der Waals surface area contributed by atoms with E-state index >= 15 is 0 Å². The third-order valence-electron chi connectivity index (χ3n) is 4.26. The largest absolute Gasteiger partial charge is 0.477 e. The van der Waals surface area contributed by atoms with Gasteiger partial charge in [0.05, 0.1) is 6.26 Å². The third kappa shape index (κ3) is 8.38. The highest BCUT2D eigenvalue weighted by Crippen LogP contribution is 2.24. The zero-order valence-corrected chi connectivity index (χ0v) is 18.2. The summed E-state index contributed by atoms with van der Waals surface area (Å²) in [4.78, 5) is 14.0. The zero-order valence-electron chi connectivity index (χ0n) is 17.4. The monoisotopic (exact) mass is 448 g/mol. The summed E-state index contributed by atoms with van der Waals surface area (Å²) in [6.07, 6.45) is -0.200. The van der Waals surface area contributed by atoms with E-state index in [1.165, 1.54) is 0 Å². The molecule has 3 aromatic rings. The first-order chi connectivity index (χ1) is 14.7. The Morgan fingerprint density at radius 3 is 2.26 bits per heavy atom. The van der Waals surface area contributed by atoms with Crippen molar-refractivity contribution in [3.63, 3.8) is 0 Å². The lowest BCUT2D eigenvalue weighted by atomic mass is 10.1. The Morgan fingerprint density at radius 1 is 1.10 bits per heavy atom. The Morgan fingerprint density at radius 2 is 1.71 bits per heavy atom. The quantitative estimate of drug-likeness (QED) is 0.216. The molecule has 9 nitrogen and oxygen atoms in total. The van der Waals surface area contributed by atoms with Gasteiger partial charge in [-0.15, -0.1) is 0 Å². The SMILES string of the molecule is Cc1c(C(=O)O)[nH]c2cc(NCCNCC(O)NS(C)(=O)=O)ccc12.c1ccccc1. The molecule has 0 aliphatic heterocycles. The number of aliphatic hydroxyl groups is 1. The number of fused-ring (bicyclic) bond motifs is 1. The number of rotatable bonds is 9. The molecule has 0 saturated heterocycles. The van der Waals surface area contributed by atoms with Gasteiger partial charge in [0.2, 0.25) is 10.0 Å². The van der Waals surface area contributed by atoms with E-state index < -0.39 is 22.2 Å². The molecule has 10 heteroatoms. The van der Waals surface area contributed by atoms with Gasteiger partial charge in [-0.05, 0) is 24.6 Å². The molecular weight excluding hydrogens is 420 g/mol. The molecule has 1 atom stereocenters. The predicted molar refractivity (Wildman–Crippen MR) is 122 cm³/mol. The molecule has 0 bridgehead atoms. The van der Waals surface area contributed by atoms with Crippen molar-refractivity contribution in [1.29, 1.82) is 0 Å². The lowest BCUT2D eigenvalue weighted by Crippen LogP contribution is -2.42. The van der Waals surface area contributed by atoms with Crippen molar-refractivity contribution in [3.05, 3.63) is 65.9 Å². The van der Waals surface area contributed by atoms with E-state index in [1.807, 2.05) is 54.6 Å². The summed E-state index contributed by atoms with van der Waals surface area (Å²) in [6.45, 7) is 2.90. The molecule has 0 saturated carbocycles. The van der Waals surface area contributed by atoms with Crippen molar-refractivity contribution in [3.8, 4) is 0 Å². The molecule has 2 aromatic carbocycles. The molecule has 1 aromatic heterocycles. The lowest BCUT2D eigenvalue weighted by Gasteiger charge is -2.12. The summed E-state index contributed by atoms with van der Waals surface area (Å²) in [5.41, 5.74) is 2.44. The second-order valence-electron chi connectivity index (χ2n) is 6.88. The zero-order chi connectivity index (χ0) is 22.9. The van der Waals surface area contributed by atoms with Crippen molar-refractivity contribution in [2.75, 3.05) is 31.2 Å². The second-order valence-corrected chi connectivity index (χ2v) is 8.66. The highest BCUT2D eigenvalue weighted by Gasteiger charge is 2.13. The number of aromatic nitrogens is 1. The average Bonchev–Trinajstić information content (AvgIpc) is 3.04. The van der Waals surface area contributed by atoms with Crippen LogP contribution in [0.25, 0.3) is 10.9 Å². The summed E-state index contributed by atoms with van der Waals surface area (Å²) < 4.78 is 23.9. The van der Waals surface area contributed by atoms with Crippen molar-refractivity contribution in [2.45, 2.75) is 13.2 Å². The molecule has 0 spiro atoms. The number of hydrogen-bond acceptors (Lipinski definition) is 6. The number of aromatic carboxylic acids is 1. The Kier molecular flexibility index (Phi) is 9.01. The summed E-state index contributed by atoms with van der Waals surface area (Å²) in [5, 5.41) is 25.5. The molecule has 1 heterocycles. The summed E-state index contributed by atoms with van der Waals surface area (Å²) in [7, 11) is -3.44. The third-order valence-corrected chi connectivity index (χ3v) is 4.96. The van der Waals surface area contributed by atoms with Gasteiger partial charge in [-0.25, -0.2) is 13.2 Å². The summed E-state index contributed by atoms with van der Waals surface area (Å²) in [5.74, 6) is -0.992. The number of anilines is 1. The van der Waals surface area contributed by atoms with Crippen molar-refractivity contribution < 1.29 is 23.4 Å². The van der Waals surface area contributed by atoms with Gasteiger partial charge in [-0.1, -0.05) is 42.5 Å². The number of carboxylic acids is 1. The average molecular weight is 449 g/mol. The molecule has 0 aliphatic rings. The van der Waals surface area contributed by atoms with Crippen LogP contribution in [0.5, 0.6) is 0 Å². The van der Waals surface area contributed by atoms with Crippen LogP contribution in [-0.4, -0.2) is 61.7 Å². The van der Waals surface area contributed by atoms with Crippen molar-refractivity contribution in [1.82, 2.24) is 15.0 Å². The lowest BCUT2D eigenvalue weighted by molar-refractivity contribution is 0.0690. The van der Waals surface area contributed by atoms with Gasteiger partial charge in [0.1, 0.15) is 11.9 Å². The molecule has 0 radical (unpaired) electrons. The number of carboxylic acid groups (broad SMARTS) is 1. The van der Waals surface area contributed by atoms with E-state index in [0.717, 1.165) is 22.8 Å². The van der Waals surface area contributed by atoms with Crippen molar-refractivity contribution in [2.24, 2.45) is 0 Å². The number of H-pyrrole nitrogens is 1. The van der Waals surface area contributed by atoms with E-state index in [-0.39, 0.29) is 12.2 Å². The maximum Gasteiger partial charge on any atom is 0.352 e. The van der Waals surface area contributed by atoms with Crippen LogP contribution < -0.4 is 15.4 Å². The van der Waals surface area contributed by atoms with E-state index in [0.29, 0.717) is 18.7 Å². The second kappa shape index (κ2) is 11.5. The smallest absolute Gasteiger partial charge is 0.352 e. The van der Waals surface area contributed by atoms with Gasteiger partial charge in [0, 0.05) is 36.2 Å². The number of carbonyl (C=O) groups is 1.